The molecule has 1 unspecified atom stereocenters. The molecule has 3 aromatic rings. The molecule has 0 aliphatic carbocycles. The van der Waals surface area contributed by atoms with E-state index < -0.39 is 5.25 Å². The predicted molar refractivity (Wildman–Crippen MR) is 144 cm³/mol. The van der Waals surface area contributed by atoms with Crippen LogP contribution in [0.3, 0.4) is 0 Å². The molecule has 2 heterocycles. The second kappa shape index (κ2) is 12.6. The number of hydrogen-bond donors (Lipinski definition) is 0. The molecule has 3 rings (SSSR count). The highest BCUT2D eigenvalue weighted by Crippen LogP contribution is 2.40. The van der Waals surface area contributed by atoms with Crippen LogP contribution in [0.4, 0.5) is 5.95 Å². The van der Waals surface area contributed by atoms with Crippen LogP contribution >= 0.6 is 42.1 Å². The zero-order chi connectivity index (χ0) is 24.7. The van der Waals surface area contributed by atoms with E-state index in [1.807, 2.05) is 53.1 Å². The van der Waals surface area contributed by atoms with E-state index in [-0.39, 0.29) is 5.97 Å². The van der Waals surface area contributed by atoms with E-state index in [9.17, 15) is 4.79 Å². The maximum atomic E-state index is 12.4. The zero-order valence-corrected chi connectivity index (χ0v) is 23.4. The maximum Gasteiger partial charge on any atom is 0.320 e. The van der Waals surface area contributed by atoms with Crippen LogP contribution < -0.4 is 13.8 Å². The molecule has 1 aromatic carbocycles. The van der Waals surface area contributed by atoms with Gasteiger partial charge >= 0.3 is 5.97 Å². The minimum Gasteiger partial charge on any atom is -0.494 e. The summed E-state index contributed by atoms with van der Waals surface area (Å²) in [7, 11) is 4.86. The molecule has 0 aliphatic heterocycles. The number of benzene rings is 1. The fourth-order valence-corrected chi connectivity index (χ4v) is 5.12. The lowest BCUT2D eigenvalue weighted by molar-refractivity contribution is -0.142. The molecule has 0 N–H and O–H groups in total. The van der Waals surface area contributed by atoms with Gasteiger partial charge in [0, 0.05) is 12.3 Å². The van der Waals surface area contributed by atoms with Gasteiger partial charge in [0.25, 0.3) is 0 Å². The van der Waals surface area contributed by atoms with Gasteiger partial charge in [0.05, 0.1) is 20.8 Å². The van der Waals surface area contributed by atoms with Crippen molar-refractivity contribution in [2.45, 2.75) is 26.0 Å². The van der Waals surface area contributed by atoms with E-state index >= 15 is 0 Å². The number of esters is 1. The van der Waals surface area contributed by atoms with Crippen molar-refractivity contribution in [3.05, 3.63) is 36.1 Å². The number of nitrogens with zero attached hydrogens (tertiary/aromatic N) is 4. The van der Waals surface area contributed by atoms with E-state index in [0.29, 0.717) is 47.9 Å². The standard InChI is InChI=1S/C22H27IN4O5S2/c1-6-31-21(28)15(3)34-26(12-13-33-23)22-25-24-20(18-11-10-14(2)32-18)27(22)19-16(29-4)8-7-9-17(19)30-5/h7-11,15H,6,12-13H2,1-5H3. The fourth-order valence-electron chi connectivity index (χ4n) is 3.22. The number of hydrogen-bond acceptors (Lipinski definition) is 10. The number of methoxy groups -OCH3 is 2. The average Bonchev–Trinajstić information content (AvgIpc) is 3.47. The Morgan fingerprint density at radius 3 is 2.47 bits per heavy atom. The van der Waals surface area contributed by atoms with Gasteiger partial charge in [-0.05, 0) is 78.2 Å². The maximum absolute atomic E-state index is 12.4. The molecule has 0 saturated heterocycles. The number of carbonyl (C=O) groups excluding carboxylic acids is 1. The highest BCUT2D eigenvalue weighted by molar-refractivity contribution is 14.2. The number of furan rings is 1. The summed E-state index contributed by atoms with van der Waals surface area (Å²) in [6.07, 6.45) is 0. The van der Waals surface area contributed by atoms with Crippen molar-refractivity contribution in [3.63, 3.8) is 0 Å². The summed E-state index contributed by atoms with van der Waals surface area (Å²) in [5.74, 6) is 3.97. The Hall–Kier alpha value is -2.06. The minimum atomic E-state index is -0.446. The predicted octanol–water partition coefficient (Wildman–Crippen LogP) is 5.34. The van der Waals surface area contributed by atoms with Gasteiger partial charge in [-0.15, -0.1) is 10.2 Å². The van der Waals surface area contributed by atoms with Gasteiger partial charge < -0.3 is 18.6 Å². The summed E-state index contributed by atoms with van der Waals surface area (Å²) in [6, 6.07) is 9.26. The summed E-state index contributed by atoms with van der Waals surface area (Å²) in [6.45, 7) is 6.41. The molecular weight excluding hydrogens is 591 g/mol. The summed E-state index contributed by atoms with van der Waals surface area (Å²) in [4.78, 5) is 12.4. The van der Waals surface area contributed by atoms with Crippen LogP contribution in [0.2, 0.25) is 0 Å². The number of aromatic nitrogens is 3. The zero-order valence-electron chi connectivity index (χ0n) is 19.6. The van der Waals surface area contributed by atoms with Gasteiger partial charge in [-0.1, -0.05) is 15.0 Å². The lowest BCUT2D eigenvalue weighted by Crippen LogP contribution is -2.28. The molecule has 12 heteroatoms. The van der Waals surface area contributed by atoms with E-state index in [0.717, 1.165) is 11.5 Å². The molecule has 0 radical (unpaired) electrons. The van der Waals surface area contributed by atoms with Crippen molar-refractivity contribution in [2.75, 3.05) is 37.4 Å². The van der Waals surface area contributed by atoms with Crippen LogP contribution in [0, 0.1) is 6.92 Å². The molecule has 0 bridgehead atoms. The Morgan fingerprint density at radius 1 is 1.21 bits per heavy atom. The highest BCUT2D eigenvalue weighted by Gasteiger charge is 2.29. The van der Waals surface area contributed by atoms with Gasteiger partial charge in [0.15, 0.2) is 5.76 Å². The second-order valence-corrected chi connectivity index (χ2v) is 10.8. The largest absolute Gasteiger partial charge is 0.494 e. The average molecular weight is 619 g/mol. The molecule has 0 aliphatic rings. The number of ether oxygens (including phenoxy) is 3. The van der Waals surface area contributed by atoms with Crippen LogP contribution in [0.25, 0.3) is 17.3 Å². The third-order valence-electron chi connectivity index (χ3n) is 4.73. The number of anilines is 1. The van der Waals surface area contributed by atoms with Crippen LogP contribution in [-0.2, 0) is 9.53 Å². The number of carbonyl (C=O) groups is 1. The third kappa shape index (κ3) is 5.95. The molecule has 0 amide bonds. The van der Waals surface area contributed by atoms with Crippen molar-refractivity contribution in [2.24, 2.45) is 0 Å². The Morgan fingerprint density at radius 2 is 1.91 bits per heavy atom. The summed E-state index contributed by atoms with van der Waals surface area (Å²) < 4.78 is 26.3. The molecule has 1 atom stereocenters. The molecule has 0 spiro atoms. The SMILES string of the molecule is CCOC(=O)C(C)SN(CCSI)c1nnc(-c2ccc(C)o2)n1-c1c(OC)cccc1OC. The summed E-state index contributed by atoms with van der Waals surface area (Å²) >= 11 is 3.59. The van der Waals surface area contributed by atoms with Crippen LogP contribution in [0.5, 0.6) is 11.5 Å². The molecule has 184 valence electrons. The number of aryl methyl sites for hydroxylation is 1. The van der Waals surface area contributed by atoms with Gasteiger partial charge in [-0.25, -0.2) is 0 Å². The highest BCUT2D eigenvalue weighted by atomic mass is 127. The van der Waals surface area contributed by atoms with Crippen molar-refractivity contribution in [1.29, 1.82) is 0 Å². The van der Waals surface area contributed by atoms with Crippen molar-refractivity contribution in [1.82, 2.24) is 14.8 Å². The number of para-hydroxylation sites is 1. The lowest BCUT2D eigenvalue weighted by atomic mass is 10.2. The van der Waals surface area contributed by atoms with E-state index in [2.05, 4.69) is 31.4 Å². The first-order valence-corrected chi connectivity index (χ1v) is 14.9. The van der Waals surface area contributed by atoms with Crippen LogP contribution in [0.15, 0.2) is 34.7 Å². The van der Waals surface area contributed by atoms with Gasteiger partial charge in [0.1, 0.15) is 28.2 Å². The van der Waals surface area contributed by atoms with Crippen molar-refractivity contribution in [3.8, 4) is 28.8 Å². The Balaban J connectivity index is 2.20. The summed E-state index contributed by atoms with van der Waals surface area (Å²) in [5, 5.41) is 8.55. The van der Waals surface area contributed by atoms with Gasteiger partial charge in [-0.2, -0.15) is 0 Å². The normalized spacial score (nSPS) is 11.8. The second-order valence-electron chi connectivity index (χ2n) is 7.00. The molecule has 34 heavy (non-hydrogen) atoms. The number of halogens is 1. The first-order valence-electron chi connectivity index (χ1n) is 10.5. The Labute approximate surface area is 219 Å². The van der Waals surface area contributed by atoms with Crippen LogP contribution in [0.1, 0.15) is 19.6 Å². The van der Waals surface area contributed by atoms with E-state index in [1.54, 1.807) is 30.1 Å². The first-order chi connectivity index (χ1) is 16.4. The molecule has 0 fully saturated rings. The third-order valence-corrected chi connectivity index (χ3v) is 7.50. The quantitative estimate of drug-likeness (QED) is 0.151. The van der Waals surface area contributed by atoms with E-state index in [1.165, 1.54) is 11.9 Å². The van der Waals surface area contributed by atoms with Crippen molar-refractivity contribution < 1.29 is 23.4 Å². The topological polar surface area (TPSA) is 91.9 Å². The fraction of sp³-hybridized carbons (Fsp3) is 0.409. The lowest BCUT2D eigenvalue weighted by Gasteiger charge is -2.26. The minimum absolute atomic E-state index is 0.289. The molecule has 0 saturated carbocycles. The van der Waals surface area contributed by atoms with Gasteiger partial charge in [-0.3, -0.25) is 13.7 Å². The Bertz CT molecular complexity index is 1080. The summed E-state index contributed by atoms with van der Waals surface area (Å²) in [5.41, 5.74) is 0.632. The number of rotatable bonds is 12. The molecule has 2 aromatic heterocycles. The molecule has 9 nitrogen and oxygen atoms in total. The smallest absolute Gasteiger partial charge is 0.320 e. The van der Waals surface area contributed by atoms with Crippen LogP contribution in [-0.4, -0.2) is 59.1 Å². The molecular formula is C22H27IN4O5S2. The van der Waals surface area contributed by atoms with Gasteiger partial charge in [0.2, 0.25) is 11.8 Å². The monoisotopic (exact) mass is 618 g/mol. The Kier molecular flexibility index (Phi) is 9.83. The van der Waals surface area contributed by atoms with E-state index in [4.69, 9.17) is 18.6 Å². The van der Waals surface area contributed by atoms with Crippen molar-refractivity contribution >= 4 is 54.0 Å². The first kappa shape index (κ1) is 26.5.